The zero-order valence-corrected chi connectivity index (χ0v) is 13.3. The Hall–Kier alpha value is -3.28. The molecule has 0 amide bonds. The summed E-state index contributed by atoms with van der Waals surface area (Å²) in [6.07, 6.45) is 1.67. The molecule has 0 saturated carbocycles. The number of allylic oxidation sites excluding steroid dienone is 1. The molecule has 0 fully saturated rings. The third-order valence-corrected chi connectivity index (χ3v) is 3.49. The van der Waals surface area contributed by atoms with Crippen LogP contribution < -0.4 is 5.32 Å². The maximum absolute atomic E-state index is 12.1. The average Bonchev–Trinajstić information content (AvgIpc) is 3.09. The van der Waals surface area contributed by atoms with E-state index in [0.29, 0.717) is 17.9 Å². The van der Waals surface area contributed by atoms with Crippen molar-refractivity contribution >= 4 is 11.4 Å². The molecule has 0 aliphatic heterocycles. The molecular weight excluding hydrogens is 302 g/mol. The molecular formula is C18H17N5O. The van der Waals surface area contributed by atoms with Gasteiger partial charge in [-0.15, -0.1) is 5.10 Å². The Labute approximate surface area is 139 Å². The number of para-hydroxylation sites is 1. The third-order valence-electron chi connectivity index (χ3n) is 3.49. The van der Waals surface area contributed by atoms with Crippen molar-refractivity contribution in [1.82, 2.24) is 25.5 Å². The fourth-order valence-corrected chi connectivity index (χ4v) is 2.29. The lowest BCUT2D eigenvalue weighted by atomic mass is 10.1. The Morgan fingerprint density at radius 3 is 2.42 bits per heavy atom. The van der Waals surface area contributed by atoms with E-state index < -0.39 is 0 Å². The van der Waals surface area contributed by atoms with Gasteiger partial charge in [-0.3, -0.25) is 4.79 Å². The smallest absolute Gasteiger partial charge is 0.192 e. The molecule has 6 nitrogen and oxygen atoms in total. The molecule has 24 heavy (non-hydrogen) atoms. The quantitative estimate of drug-likeness (QED) is 0.706. The lowest BCUT2D eigenvalue weighted by molar-refractivity contribution is -0.111. The van der Waals surface area contributed by atoms with E-state index in [9.17, 15) is 4.79 Å². The normalized spacial score (nSPS) is 11.3. The average molecular weight is 319 g/mol. The first-order valence-corrected chi connectivity index (χ1v) is 7.58. The molecule has 1 heterocycles. The predicted octanol–water partition coefficient (Wildman–Crippen LogP) is 2.38. The Balaban J connectivity index is 1.86. The van der Waals surface area contributed by atoms with Gasteiger partial charge in [0, 0.05) is 12.7 Å². The molecule has 0 aliphatic carbocycles. The van der Waals surface area contributed by atoms with Gasteiger partial charge in [0.25, 0.3) is 0 Å². The molecule has 0 bridgehead atoms. The highest BCUT2D eigenvalue weighted by molar-refractivity contribution is 6.18. The van der Waals surface area contributed by atoms with Crippen LogP contribution in [-0.4, -0.2) is 26.0 Å². The number of nitrogens with one attached hydrogen (secondary N) is 1. The third kappa shape index (κ3) is 3.55. The van der Waals surface area contributed by atoms with Gasteiger partial charge in [-0.1, -0.05) is 48.5 Å². The summed E-state index contributed by atoms with van der Waals surface area (Å²) in [5, 5.41) is 14.9. The first-order valence-electron chi connectivity index (χ1n) is 7.58. The highest BCUT2D eigenvalue weighted by Gasteiger charge is 2.16. The van der Waals surface area contributed by atoms with Gasteiger partial charge in [0.2, 0.25) is 0 Å². The van der Waals surface area contributed by atoms with Crippen molar-refractivity contribution in [2.24, 2.45) is 0 Å². The number of nitrogens with zero attached hydrogens (tertiary/aromatic N) is 4. The molecule has 6 heteroatoms. The Kier molecular flexibility index (Phi) is 4.76. The highest BCUT2D eigenvalue weighted by Crippen LogP contribution is 2.15. The van der Waals surface area contributed by atoms with Gasteiger partial charge in [-0.25, -0.2) is 0 Å². The number of carbonyl (C=O) groups is 1. The Morgan fingerprint density at radius 2 is 1.75 bits per heavy atom. The fraction of sp³-hybridized carbons (Fsp3) is 0.111. The van der Waals surface area contributed by atoms with Crippen LogP contribution in [0, 0.1) is 0 Å². The first kappa shape index (κ1) is 15.6. The van der Waals surface area contributed by atoms with Crippen LogP contribution in [0.5, 0.6) is 0 Å². The lowest BCUT2D eigenvalue weighted by Crippen LogP contribution is -2.12. The molecule has 1 aromatic heterocycles. The van der Waals surface area contributed by atoms with Crippen molar-refractivity contribution in [3.8, 4) is 5.69 Å². The van der Waals surface area contributed by atoms with Gasteiger partial charge in [0.15, 0.2) is 11.6 Å². The van der Waals surface area contributed by atoms with E-state index in [1.54, 1.807) is 10.9 Å². The van der Waals surface area contributed by atoms with Crippen molar-refractivity contribution < 1.29 is 4.79 Å². The number of ketones is 1. The van der Waals surface area contributed by atoms with E-state index in [1.807, 2.05) is 60.7 Å². The number of hydrogen-bond donors (Lipinski definition) is 1. The topological polar surface area (TPSA) is 72.7 Å². The molecule has 3 aromatic rings. The summed E-state index contributed by atoms with van der Waals surface area (Å²) in [6, 6.07) is 19.4. The highest BCUT2D eigenvalue weighted by atomic mass is 16.1. The van der Waals surface area contributed by atoms with Gasteiger partial charge in [0.1, 0.15) is 0 Å². The van der Waals surface area contributed by atoms with Crippen molar-refractivity contribution in [2.45, 2.75) is 13.5 Å². The van der Waals surface area contributed by atoms with E-state index in [1.165, 1.54) is 6.92 Å². The van der Waals surface area contributed by atoms with Crippen molar-refractivity contribution in [2.75, 3.05) is 0 Å². The minimum Gasteiger partial charge on any atom is -0.386 e. The predicted molar refractivity (Wildman–Crippen MR) is 91.1 cm³/mol. The Morgan fingerprint density at radius 1 is 1.08 bits per heavy atom. The van der Waals surface area contributed by atoms with Gasteiger partial charge in [0.05, 0.1) is 11.3 Å². The standard InChI is InChI=1S/C18H17N5O/c1-14(24)17(13-19-12-15-8-4-2-5-9-15)18-20-21-22-23(18)16-10-6-3-7-11-16/h2-11,13,19H,12H2,1H3/b17-13-. The molecule has 0 aliphatic rings. The molecule has 0 radical (unpaired) electrons. The summed E-state index contributed by atoms with van der Waals surface area (Å²) in [6.45, 7) is 2.12. The number of rotatable bonds is 6. The van der Waals surface area contributed by atoms with E-state index in [4.69, 9.17) is 0 Å². The molecule has 0 atom stereocenters. The summed E-state index contributed by atoms with van der Waals surface area (Å²) in [5.41, 5.74) is 2.35. The number of benzene rings is 2. The van der Waals surface area contributed by atoms with E-state index in [-0.39, 0.29) is 5.78 Å². The number of carbonyl (C=O) groups excluding carboxylic acids is 1. The summed E-state index contributed by atoms with van der Waals surface area (Å²) in [7, 11) is 0. The largest absolute Gasteiger partial charge is 0.386 e. The summed E-state index contributed by atoms with van der Waals surface area (Å²) < 4.78 is 1.55. The van der Waals surface area contributed by atoms with Gasteiger partial charge in [-0.2, -0.15) is 4.68 Å². The number of Topliss-reactive ketones (excluding diaryl/α,β-unsaturated/α-hetero) is 1. The molecule has 0 spiro atoms. The molecule has 0 unspecified atom stereocenters. The number of hydrogen-bond acceptors (Lipinski definition) is 5. The molecule has 0 saturated heterocycles. The van der Waals surface area contributed by atoms with E-state index in [0.717, 1.165) is 11.3 Å². The SMILES string of the molecule is CC(=O)/C(=C/NCc1ccccc1)c1nnnn1-c1ccccc1. The van der Waals surface area contributed by atoms with Crippen LogP contribution >= 0.6 is 0 Å². The van der Waals surface area contributed by atoms with Crippen LogP contribution in [0.3, 0.4) is 0 Å². The van der Waals surface area contributed by atoms with Crippen LogP contribution in [0.2, 0.25) is 0 Å². The second kappa shape index (κ2) is 7.32. The lowest BCUT2D eigenvalue weighted by Gasteiger charge is -2.07. The number of tetrazole rings is 1. The minimum atomic E-state index is -0.109. The van der Waals surface area contributed by atoms with Crippen LogP contribution in [-0.2, 0) is 11.3 Å². The minimum absolute atomic E-state index is 0.109. The molecule has 3 rings (SSSR count). The van der Waals surface area contributed by atoms with Crippen LogP contribution in [0.15, 0.2) is 66.9 Å². The molecule has 1 N–H and O–H groups in total. The van der Waals surface area contributed by atoms with E-state index in [2.05, 4.69) is 20.8 Å². The zero-order chi connectivity index (χ0) is 16.8. The maximum atomic E-state index is 12.1. The van der Waals surface area contributed by atoms with Crippen molar-refractivity contribution in [1.29, 1.82) is 0 Å². The molecule has 120 valence electrons. The fourth-order valence-electron chi connectivity index (χ4n) is 2.29. The zero-order valence-electron chi connectivity index (χ0n) is 13.3. The molecule has 2 aromatic carbocycles. The van der Waals surface area contributed by atoms with Crippen LogP contribution in [0.25, 0.3) is 11.3 Å². The van der Waals surface area contributed by atoms with E-state index >= 15 is 0 Å². The first-order chi connectivity index (χ1) is 11.8. The maximum Gasteiger partial charge on any atom is 0.192 e. The summed E-state index contributed by atoms with van der Waals surface area (Å²) >= 11 is 0. The summed E-state index contributed by atoms with van der Waals surface area (Å²) in [4.78, 5) is 12.1. The van der Waals surface area contributed by atoms with Crippen molar-refractivity contribution in [3.63, 3.8) is 0 Å². The van der Waals surface area contributed by atoms with Crippen LogP contribution in [0.1, 0.15) is 18.3 Å². The van der Waals surface area contributed by atoms with Gasteiger partial charge >= 0.3 is 0 Å². The van der Waals surface area contributed by atoms with Gasteiger partial charge in [-0.05, 0) is 35.0 Å². The number of aromatic nitrogens is 4. The second-order valence-electron chi connectivity index (χ2n) is 5.23. The Bertz CT molecular complexity index is 840. The van der Waals surface area contributed by atoms with Gasteiger partial charge < -0.3 is 5.32 Å². The van der Waals surface area contributed by atoms with Crippen LogP contribution in [0.4, 0.5) is 0 Å². The second-order valence-corrected chi connectivity index (χ2v) is 5.23. The summed E-state index contributed by atoms with van der Waals surface area (Å²) in [5.74, 6) is 0.303. The monoisotopic (exact) mass is 319 g/mol. The van der Waals surface area contributed by atoms with Crippen molar-refractivity contribution in [3.05, 3.63) is 78.3 Å².